The zero-order chi connectivity index (χ0) is 21.4. The number of nitrogen functional groups attached to an aromatic ring is 1. The van der Waals surface area contributed by atoms with Crippen LogP contribution < -0.4 is 17.0 Å². The Morgan fingerprint density at radius 3 is 2.60 bits per heavy atom. The van der Waals surface area contributed by atoms with Gasteiger partial charge in [0.15, 0.2) is 5.78 Å². The first-order valence-electron chi connectivity index (χ1n) is 8.90. The highest BCUT2D eigenvalue weighted by Crippen LogP contribution is 2.36. The number of Topliss-reactive ketones (excluding diaryl/α,β-unsaturated/α-hetero) is 1. The summed E-state index contributed by atoms with van der Waals surface area (Å²) in [6.45, 7) is 0. The Kier molecular flexibility index (Phi) is 5.27. The molecule has 0 aliphatic heterocycles. The molecule has 0 aliphatic rings. The highest BCUT2D eigenvalue weighted by atomic mass is 32.2. The number of fused-ring (bicyclic) bond motifs is 1. The number of nitrogens with two attached hydrogens (primary N) is 1. The van der Waals surface area contributed by atoms with E-state index in [1.54, 1.807) is 11.3 Å². The Hall–Kier alpha value is -3.24. The molecule has 3 aromatic heterocycles. The molecule has 0 bridgehead atoms. The molecule has 0 fully saturated rings. The smallest absolute Gasteiger partial charge is 0.332 e. The fourth-order valence-corrected chi connectivity index (χ4v) is 4.94. The molecule has 0 saturated heterocycles. The maximum Gasteiger partial charge on any atom is 0.332 e. The van der Waals surface area contributed by atoms with E-state index in [1.165, 1.54) is 32.2 Å². The Morgan fingerprint density at radius 1 is 1.13 bits per heavy atom. The molecule has 4 aromatic rings. The molecule has 8 nitrogen and oxygen atoms in total. The average molecular weight is 440 g/mol. The molecule has 10 heteroatoms. The molecule has 30 heavy (non-hydrogen) atoms. The predicted molar refractivity (Wildman–Crippen MR) is 119 cm³/mol. The number of carbonyl (C=O) groups excluding carboxylic acids is 1. The van der Waals surface area contributed by atoms with Gasteiger partial charge in [-0.15, -0.1) is 11.3 Å². The fraction of sp³-hybridized carbons (Fsp3) is 0.150. The van der Waals surface area contributed by atoms with E-state index in [4.69, 9.17) is 5.73 Å². The van der Waals surface area contributed by atoms with E-state index in [0.29, 0.717) is 5.03 Å². The van der Waals surface area contributed by atoms with Crippen molar-refractivity contribution in [2.45, 2.75) is 5.03 Å². The molecule has 3 heterocycles. The van der Waals surface area contributed by atoms with Crippen LogP contribution in [0.5, 0.6) is 0 Å². The van der Waals surface area contributed by atoms with Gasteiger partial charge in [-0.25, -0.2) is 14.8 Å². The lowest BCUT2D eigenvalue weighted by atomic mass is 10.2. The van der Waals surface area contributed by atoms with Crippen molar-refractivity contribution in [1.29, 1.82) is 0 Å². The first-order valence-corrected chi connectivity index (χ1v) is 10.7. The maximum atomic E-state index is 12.8. The summed E-state index contributed by atoms with van der Waals surface area (Å²) in [6, 6.07) is 11.9. The summed E-state index contributed by atoms with van der Waals surface area (Å²) in [5, 5.41) is 1.49. The summed E-state index contributed by atoms with van der Waals surface area (Å²) in [5.41, 5.74) is 5.49. The topological polar surface area (TPSA) is 113 Å². The number of thiophene rings is 1. The first kappa shape index (κ1) is 20.0. The Bertz CT molecular complexity index is 1390. The standard InChI is InChI=1S/C20H17N5O3S2/c1-24-16(21)15(19(27)25(2)20(24)28)13(26)9-29-17-12-8-14(11-6-4-3-5-7-11)30-18(12)23-10-22-17/h3-8,10H,9,21H2,1-2H3. The van der Waals surface area contributed by atoms with Gasteiger partial charge in [0.2, 0.25) is 0 Å². The van der Waals surface area contributed by atoms with Gasteiger partial charge < -0.3 is 5.73 Å². The number of thioether (sulfide) groups is 1. The van der Waals surface area contributed by atoms with E-state index in [0.717, 1.165) is 29.8 Å². The van der Waals surface area contributed by atoms with Crippen LogP contribution in [0.2, 0.25) is 0 Å². The van der Waals surface area contributed by atoms with Gasteiger partial charge in [0.25, 0.3) is 5.56 Å². The molecule has 0 amide bonds. The SMILES string of the molecule is Cn1c(N)c(C(=O)CSc2ncnc3sc(-c4ccccc4)cc23)c(=O)n(C)c1=O. The van der Waals surface area contributed by atoms with Crippen molar-refractivity contribution < 1.29 is 4.79 Å². The fourth-order valence-electron chi connectivity index (χ4n) is 3.02. The van der Waals surface area contributed by atoms with Crippen molar-refractivity contribution >= 4 is 44.9 Å². The number of aromatic nitrogens is 4. The lowest BCUT2D eigenvalue weighted by Gasteiger charge is -2.10. The van der Waals surface area contributed by atoms with E-state index in [2.05, 4.69) is 9.97 Å². The number of hydrogen-bond donors (Lipinski definition) is 1. The van der Waals surface area contributed by atoms with E-state index in [-0.39, 0.29) is 17.1 Å². The molecular formula is C20H17N5O3S2. The number of anilines is 1. The minimum atomic E-state index is -0.698. The van der Waals surface area contributed by atoms with Crippen LogP contribution in [0, 0.1) is 0 Å². The lowest BCUT2D eigenvalue weighted by molar-refractivity contribution is 0.102. The molecule has 2 N–H and O–H groups in total. The highest BCUT2D eigenvalue weighted by Gasteiger charge is 2.21. The molecule has 4 rings (SSSR count). The molecular weight excluding hydrogens is 422 g/mol. The van der Waals surface area contributed by atoms with Crippen molar-refractivity contribution in [1.82, 2.24) is 19.1 Å². The molecule has 0 atom stereocenters. The van der Waals surface area contributed by atoms with Crippen molar-refractivity contribution in [3.63, 3.8) is 0 Å². The Labute approximate surface area is 179 Å². The highest BCUT2D eigenvalue weighted by molar-refractivity contribution is 8.00. The van der Waals surface area contributed by atoms with Crippen molar-refractivity contribution in [2.24, 2.45) is 14.1 Å². The minimum absolute atomic E-state index is 0.0414. The normalized spacial score (nSPS) is 11.1. The van der Waals surface area contributed by atoms with Crippen LogP contribution >= 0.6 is 23.1 Å². The van der Waals surface area contributed by atoms with Crippen molar-refractivity contribution in [3.05, 3.63) is 69.1 Å². The summed E-state index contributed by atoms with van der Waals surface area (Å²) < 4.78 is 1.97. The molecule has 0 aliphatic carbocycles. The average Bonchev–Trinajstić information content (AvgIpc) is 3.20. The van der Waals surface area contributed by atoms with Crippen LogP contribution in [0.15, 0.2) is 57.3 Å². The summed E-state index contributed by atoms with van der Waals surface area (Å²) in [6.07, 6.45) is 1.46. The summed E-state index contributed by atoms with van der Waals surface area (Å²) in [5.74, 6) is -0.636. The molecule has 152 valence electrons. The molecule has 0 unspecified atom stereocenters. The minimum Gasteiger partial charge on any atom is -0.384 e. The second kappa shape index (κ2) is 7.88. The van der Waals surface area contributed by atoms with Crippen molar-refractivity contribution in [2.75, 3.05) is 11.5 Å². The summed E-state index contributed by atoms with van der Waals surface area (Å²) >= 11 is 2.75. The largest absolute Gasteiger partial charge is 0.384 e. The van der Waals surface area contributed by atoms with Gasteiger partial charge in [0.1, 0.15) is 27.6 Å². The van der Waals surface area contributed by atoms with Gasteiger partial charge in [-0.2, -0.15) is 0 Å². The molecule has 0 radical (unpaired) electrons. The Morgan fingerprint density at radius 2 is 1.87 bits per heavy atom. The third kappa shape index (κ3) is 3.44. The second-order valence-corrected chi connectivity index (χ2v) is 8.55. The lowest BCUT2D eigenvalue weighted by Crippen LogP contribution is -2.41. The van der Waals surface area contributed by atoms with E-state index >= 15 is 0 Å². The molecule has 1 aromatic carbocycles. The van der Waals surface area contributed by atoms with Crippen LogP contribution in [0.25, 0.3) is 20.7 Å². The monoisotopic (exact) mass is 439 g/mol. The summed E-state index contributed by atoms with van der Waals surface area (Å²) in [7, 11) is 2.74. The van der Waals surface area contributed by atoms with Crippen molar-refractivity contribution in [3.8, 4) is 10.4 Å². The number of hydrogen-bond acceptors (Lipinski definition) is 8. The number of carbonyl (C=O) groups is 1. The van der Waals surface area contributed by atoms with Crippen LogP contribution in [0.3, 0.4) is 0 Å². The number of benzene rings is 1. The molecule has 0 spiro atoms. The van der Waals surface area contributed by atoms with E-state index in [1.807, 2.05) is 36.4 Å². The third-order valence-electron chi connectivity index (χ3n) is 4.68. The predicted octanol–water partition coefficient (Wildman–Crippen LogP) is 2.31. The number of ketones is 1. The number of nitrogens with zero attached hydrogens (tertiary/aromatic N) is 4. The van der Waals surface area contributed by atoms with Crippen LogP contribution in [-0.2, 0) is 14.1 Å². The van der Waals surface area contributed by atoms with E-state index in [9.17, 15) is 14.4 Å². The van der Waals surface area contributed by atoms with Crippen LogP contribution in [0.1, 0.15) is 10.4 Å². The van der Waals surface area contributed by atoms with E-state index < -0.39 is 17.0 Å². The maximum absolute atomic E-state index is 12.8. The zero-order valence-corrected chi connectivity index (χ0v) is 17.8. The zero-order valence-electron chi connectivity index (χ0n) is 16.2. The van der Waals surface area contributed by atoms with Gasteiger partial charge in [-0.05, 0) is 11.6 Å². The van der Waals surface area contributed by atoms with Crippen LogP contribution in [-0.4, -0.2) is 30.6 Å². The summed E-state index contributed by atoms with van der Waals surface area (Å²) in [4.78, 5) is 47.6. The van der Waals surface area contributed by atoms with Gasteiger partial charge in [-0.3, -0.25) is 18.7 Å². The second-order valence-electron chi connectivity index (χ2n) is 6.55. The third-order valence-corrected chi connectivity index (χ3v) is 6.78. The van der Waals surface area contributed by atoms with Gasteiger partial charge in [0.05, 0.1) is 5.75 Å². The van der Waals surface area contributed by atoms with Gasteiger partial charge in [0, 0.05) is 24.4 Å². The van der Waals surface area contributed by atoms with Crippen LogP contribution in [0.4, 0.5) is 5.82 Å². The van der Waals surface area contributed by atoms with Gasteiger partial charge in [-0.1, -0.05) is 42.1 Å². The van der Waals surface area contributed by atoms with Gasteiger partial charge >= 0.3 is 5.69 Å². The Balaban J connectivity index is 1.65. The molecule has 0 saturated carbocycles. The first-order chi connectivity index (χ1) is 14.4. The quantitative estimate of drug-likeness (QED) is 0.288. The number of rotatable bonds is 5.